The first kappa shape index (κ1) is 15.0. The Morgan fingerprint density at radius 1 is 1.10 bits per heavy atom. The summed E-state index contributed by atoms with van der Waals surface area (Å²) in [5.74, 6) is 2.14. The van der Waals surface area contributed by atoms with Crippen molar-refractivity contribution in [3.05, 3.63) is 42.1 Å². The van der Waals surface area contributed by atoms with Crippen LogP contribution in [0.4, 0.5) is 5.69 Å². The lowest BCUT2D eigenvalue weighted by molar-refractivity contribution is 0.328. The van der Waals surface area contributed by atoms with Gasteiger partial charge in [-0.25, -0.2) is 4.98 Å². The van der Waals surface area contributed by atoms with Crippen LogP contribution in [-0.4, -0.2) is 25.8 Å². The summed E-state index contributed by atoms with van der Waals surface area (Å²) in [6, 6.07) is 9.59. The Bertz CT molecular complexity index is 565. The number of benzene rings is 1. The van der Waals surface area contributed by atoms with Gasteiger partial charge in [0.25, 0.3) is 0 Å². The highest BCUT2D eigenvalue weighted by molar-refractivity contribution is 5.52. The number of anilines is 1. The zero-order valence-corrected chi connectivity index (χ0v) is 12.6. The molecule has 0 saturated heterocycles. The second-order valence-corrected chi connectivity index (χ2v) is 4.36. The Kier molecular flexibility index (Phi) is 5.26. The number of nitrogens with zero attached hydrogens (tertiary/aromatic N) is 1. The van der Waals surface area contributed by atoms with Gasteiger partial charge in [0.2, 0.25) is 5.88 Å². The lowest BCUT2D eigenvalue weighted by Gasteiger charge is -2.12. The van der Waals surface area contributed by atoms with Gasteiger partial charge >= 0.3 is 0 Å². The molecule has 0 fully saturated rings. The molecule has 0 aliphatic rings. The van der Waals surface area contributed by atoms with E-state index in [0.29, 0.717) is 19.0 Å². The molecule has 0 bridgehead atoms. The van der Waals surface area contributed by atoms with Crippen molar-refractivity contribution in [2.75, 3.05) is 26.1 Å². The van der Waals surface area contributed by atoms with Crippen molar-refractivity contribution < 1.29 is 14.2 Å². The number of nitrogens with one attached hydrogen (secondary N) is 1. The van der Waals surface area contributed by atoms with Crippen LogP contribution in [0.25, 0.3) is 0 Å². The number of hydrogen-bond acceptors (Lipinski definition) is 5. The van der Waals surface area contributed by atoms with Gasteiger partial charge in [-0.05, 0) is 36.8 Å². The first-order chi connectivity index (χ1) is 10.3. The normalized spacial score (nSPS) is 10.0. The van der Waals surface area contributed by atoms with Crippen LogP contribution in [0.15, 0.2) is 36.5 Å². The summed E-state index contributed by atoms with van der Waals surface area (Å²) >= 11 is 0. The van der Waals surface area contributed by atoms with Crippen LogP contribution < -0.4 is 19.5 Å². The third-order valence-corrected chi connectivity index (χ3v) is 2.95. The van der Waals surface area contributed by atoms with Gasteiger partial charge < -0.3 is 19.5 Å². The minimum Gasteiger partial charge on any atom is -0.497 e. The molecule has 1 N–H and O–H groups in total. The minimum absolute atomic E-state index is 0.582. The highest BCUT2D eigenvalue weighted by Gasteiger charge is 2.05. The minimum atomic E-state index is 0.582. The van der Waals surface area contributed by atoms with E-state index in [1.54, 1.807) is 20.4 Å². The second-order valence-electron chi connectivity index (χ2n) is 4.36. The van der Waals surface area contributed by atoms with Crippen molar-refractivity contribution in [3.63, 3.8) is 0 Å². The molecule has 1 heterocycles. The molecule has 0 unspecified atom stereocenters. The van der Waals surface area contributed by atoms with E-state index in [4.69, 9.17) is 14.2 Å². The summed E-state index contributed by atoms with van der Waals surface area (Å²) in [7, 11) is 3.28. The van der Waals surface area contributed by atoms with Gasteiger partial charge in [-0.3, -0.25) is 0 Å². The topological polar surface area (TPSA) is 52.6 Å². The van der Waals surface area contributed by atoms with Crippen LogP contribution in [0.5, 0.6) is 17.4 Å². The van der Waals surface area contributed by atoms with E-state index < -0.39 is 0 Å². The van der Waals surface area contributed by atoms with Crippen molar-refractivity contribution >= 4 is 5.69 Å². The highest BCUT2D eigenvalue weighted by atomic mass is 16.5. The summed E-state index contributed by atoms with van der Waals surface area (Å²) in [5, 5.41) is 3.32. The molecule has 0 atom stereocenters. The van der Waals surface area contributed by atoms with Crippen molar-refractivity contribution in [3.8, 4) is 17.4 Å². The van der Waals surface area contributed by atoms with Crippen molar-refractivity contribution in [1.82, 2.24) is 4.98 Å². The molecule has 0 spiro atoms. The van der Waals surface area contributed by atoms with E-state index in [1.807, 2.05) is 37.3 Å². The maximum Gasteiger partial charge on any atom is 0.237 e. The van der Waals surface area contributed by atoms with E-state index in [0.717, 1.165) is 22.7 Å². The molecule has 5 nitrogen and oxygen atoms in total. The van der Waals surface area contributed by atoms with Crippen LogP contribution in [0, 0.1) is 0 Å². The van der Waals surface area contributed by atoms with Crippen molar-refractivity contribution in [2.24, 2.45) is 0 Å². The number of ether oxygens (including phenoxy) is 3. The van der Waals surface area contributed by atoms with Gasteiger partial charge in [-0.1, -0.05) is 0 Å². The van der Waals surface area contributed by atoms with Gasteiger partial charge in [0.1, 0.15) is 11.5 Å². The molecule has 1 aromatic carbocycles. The van der Waals surface area contributed by atoms with Crippen LogP contribution in [-0.2, 0) is 6.54 Å². The average molecular weight is 288 g/mol. The Labute approximate surface area is 124 Å². The first-order valence-electron chi connectivity index (χ1n) is 6.80. The molecular formula is C16H20N2O3. The number of pyridine rings is 1. The molecule has 0 aliphatic heterocycles. The predicted molar refractivity (Wildman–Crippen MR) is 82.3 cm³/mol. The molecule has 0 amide bonds. The molecule has 0 saturated carbocycles. The molecular weight excluding hydrogens is 268 g/mol. The molecule has 21 heavy (non-hydrogen) atoms. The van der Waals surface area contributed by atoms with Gasteiger partial charge in [0.15, 0.2) is 0 Å². The van der Waals surface area contributed by atoms with E-state index in [2.05, 4.69) is 10.3 Å². The van der Waals surface area contributed by atoms with Gasteiger partial charge in [0.05, 0.1) is 26.5 Å². The summed E-state index contributed by atoms with van der Waals surface area (Å²) < 4.78 is 16.0. The number of hydrogen-bond donors (Lipinski definition) is 1. The molecule has 0 radical (unpaired) electrons. The van der Waals surface area contributed by atoms with Crippen LogP contribution in [0.1, 0.15) is 12.5 Å². The van der Waals surface area contributed by atoms with Crippen LogP contribution in [0.2, 0.25) is 0 Å². The number of aromatic nitrogens is 1. The lowest BCUT2D eigenvalue weighted by atomic mass is 10.2. The van der Waals surface area contributed by atoms with Gasteiger partial charge in [-0.15, -0.1) is 0 Å². The summed E-state index contributed by atoms with van der Waals surface area (Å²) in [6.45, 7) is 3.14. The van der Waals surface area contributed by atoms with Crippen LogP contribution >= 0.6 is 0 Å². The quantitative estimate of drug-likeness (QED) is 0.848. The third kappa shape index (κ3) is 4.02. The summed E-state index contributed by atoms with van der Waals surface area (Å²) in [5.41, 5.74) is 1.92. The Balaban J connectivity index is 2.12. The Hall–Kier alpha value is -2.43. The smallest absolute Gasteiger partial charge is 0.237 e. The van der Waals surface area contributed by atoms with E-state index in [9.17, 15) is 0 Å². The standard InChI is InChI=1S/C16H20N2O3/c1-4-21-16-15(6-5-7-17-16)18-11-12-8-13(19-2)10-14(9-12)20-3/h5-10,18H,4,11H2,1-3H3. The summed E-state index contributed by atoms with van der Waals surface area (Å²) in [4.78, 5) is 4.21. The molecule has 5 heteroatoms. The van der Waals surface area contributed by atoms with E-state index >= 15 is 0 Å². The van der Waals surface area contributed by atoms with E-state index in [1.165, 1.54) is 0 Å². The fourth-order valence-electron chi connectivity index (χ4n) is 1.94. The summed E-state index contributed by atoms with van der Waals surface area (Å²) in [6.07, 6.45) is 1.71. The predicted octanol–water partition coefficient (Wildman–Crippen LogP) is 3.11. The Morgan fingerprint density at radius 3 is 2.43 bits per heavy atom. The first-order valence-corrected chi connectivity index (χ1v) is 6.80. The molecule has 0 aliphatic carbocycles. The molecule has 2 rings (SSSR count). The SMILES string of the molecule is CCOc1ncccc1NCc1cc(OC)cc(OC)c1. The third-order valence-electron chi connectivity index (χ3n) is 2.95. The van der Waals surface area contributed by atoms with Crippen molar-refractivity contribution in [2.45, 2.75) is 13.5 Å². The maximum absolute atomic E-state index is 5.49. The number of rotatable bonds is 7. The molecule has 1 aromatic heterocycles. The highest BCUT2D eigenvalue weighted by Crippen LogP contribution is 2.25. The fraction of sp³-hybridized carbons (Fsp3) is 0.312. The van der Waals surface area contributed by atoms with Gasteiger partial charge in [-0.2, -0.15) is 0 Å². The van der Waals surface area contributed by atoms with Crippen LogP contribution in [0.3, 0.4) is 0 Å². The number of methoxy groups -OCH3 is 2. The molecule has 112 valence electrons. The monoisotopic (exact) mass is 288 g/mol. The van der Waals surface area contributed by atoms with Gasteiger partial charge in [0, 0.05) is 18.8 Å². The largest absolute Gasteiger partial charge is 0.497 e. The zero-order chi connectivity index (χ0) is 15.1. The maximum atomic E-state index is 5.49. The zero-order valence-electron chi connectivity index (χ0n) is 12.6. The van der Waals surface area contributed by atoms with E-state index in [-0.39, 0.29) is 0 Å². The fourth-order valence-corrected chi connectivity index (χ4v) is 1.94. The lowest BCUT2D eigenvalue weighted by Crippen LogP contribution is -2.04. The molecule has 2 aromatic rings. The second kappa shape index (κ2) is 7.38. The Morgan fingerprint density at radius 2 is 1.81 bits per heavy atom. The average Bonchev–Trinajstić information content (AvgIpc) is 2.54. The van der Waals surface area contributed by atoms with Crippen molar-refractivity contribution in [1.29, 1.82) is 0 Å².